The molecule has 2 amide bonds. The summed E-state index contributed by atoms with van der Waals surface area (Å²) in [5.74, 6) is 1.16. The van der Waals surface area contributed by atoms with E-state index in [0.29, 0.717) is 35.9 Å². The number of para-hydroxylation sites is 1. The maximum absolute atomic E-state index is 13.2. The average molecular weight is 623 g/mol. The number of nitrogens with zero attached hydrogens (tertiary/aromatic N) is 4. The highest BCUT2D eigenvalue weighted by atomic mass is 16.3. The van der Waals surface area contributed by atoms with Crippen molar-refractivity contribution < 1.29 is 14.0 Å². The van der Waals surface area contributed by atoms with Gasteiger partial charge in [0.2, 0.25) is 5.95 Å². The Bertz CT molecular complexity index is 2020. The zero-order valence-electron chi connectivity index (χ0n) is 26.0. The summed E-state index contributed by atoms with van der Waals surface area (Å²) in [6.45, 7) is 5.53. The smallest absolute Gasteiger partial charge is 0.255 e. The SMILES string of the molecule is Cc1cc(C(=O)N2CCN(Cc3ccco3)CC2)ccc1NC(=O)c1ccc(Nc2nc(-c3ccccc3)c3ccccc3n2)cc1. The first kappa shape index (κ1) is 29.9. The van der Waals surface area contributed by atoms with Crippen LogP contribution < -0.4 is 10.6 Å². The Morgan fingerprint density at radius 1 is 0.787 bits per heavy atom. The number of amides is 2. The molecule has 0 radical (unpaired) electrons. The highest BCUT2D eigenvalue weighted by molar-refractivity contribution is 6.05. The molecule has 0 unspecified atom stereocenters. The Balaban J connectivity index is 0.982. The monoisotopic (exact) mass is 622 g/mol. The molecule has 4 aromatic carbocycles. The number of aromatic nitrogens is 2. The van der Waals surface area contributed by atoms with E-state index in [4.69, 9.17) is 14.4 Å². The van der Waals surface area contributed by atoms with Crippen LogP contribution in [0, 0.1) is 6.92 Å². The molecule has 3 heterocycles. The van der Waals surface area contributed by atoms with E-state index >= 15 is 0 Å². The summed E-state index contributed by atoms with van der Waals surface area (Å²) in [7, 11) is 0. The van der Waals surface area contributed by atoms with E-state index in [1.165, 1.54) is 0 Å². The van der Waals surface area contributed by atoms with Gasteiger partial charge in [0, 0.05) is 59.6 Å². The van der Waals surface area contributed by atoms with Crippen LogP contribution in [0.1, 0.15) is 32.0 Å². The van der Waals surface area contributed by atoms with Gasteiger partial charge in [-0.05, 0) is 73.2 Å². The Kier molecular flexibility index (Phi) is 8.44. The van der Waals surface area contributed by atoms with Crippen molar-refractivity contribution in [2.75, 3.05) is 36.8 Å². The number of furan rings is 1. The second-order valence-corrected chi connectivity index (χ2v) is 11.6. The predicted octanol–water partition coefficient (Wildman–Crippen LogP) is 7.15. The van der Waals surface area contributed by atoms with E-state index < -0.39 is 0 Å². The first-order valence-corrected chi connectivity index (χ1v) is 15.7. The molecular weight excluding hydrogens is 588 g/mol. The van der Waals surface area contributed by atoms with Crippen molar-refractivity contribution in [3.63, 3.8) is 0 Å². The van der Waals surface area contributed by atoms with Crippen molar-refractivity contribution in [1.82, 2.24) is 19.8 Å². The van der Waals surface area contributed by atoms with Crippen molar-refractivity contribution in [2.45, 2.75) is 13.5 Å². The molecule has 0 aliphatic carbocycles. The van der Waals surface area contributed by atoms with Crippen LogP contribution in [-0.2, 0) is 6.54 Å². The Morgan fingerprint density at radius 2 is 1.53 bits per heavy atom. The molecule has 0 spiro atoms. The van der Waals surface area contributed by atoms with E-state index in [-0.39, 0.29) is 11.8 Å². The highest BCUT2D eigenvalue weighted by Crippen LogP contribution is 2.28. The summed E-state index contributed by atoms with van der Waals surface area (Å²) < 4.78 is 5.46. The largest absolute Gasteiger partial charge is 0.468 e. The third-order valence-electron chi connectivity index (χ3n) is 8.39. The summed E-state index contributed by atoms with van der Waals surface area (Å²) in [4.78, 5) is 40.1. The second kappa shape index (κ2) is 13.3. The molecule has 1 saturated heterocycles. The molecule has 7 rings (SSSR count). The van der Waals surface area contributed by atoms with Crippen molar-refractivity contribution in [3.05, 3.63) is 138 Å². The lowest BCUT2D eigenvalue weighted by atomic mass is 10.1. The van der Waals surface area contributed by atoms with Crippen molar-refractivity contribution in [2.24, 2.45) is 0 Å². The van der Waals surface area contributed by atoms with Gasteiger partial charge in [0.05, 0.1) is 24.0 Å². The maximum Gasteiger partial charge on any atom is 0.255 e. The Hall–Kier alpha value is -5.80. The zero-order valence-corrected chi connectivity index (χ0v) is 26.0. The molecule has 2 aromatic heterocycles. The molecule has 47 heavy (non-hydrogen) atoms. The first-order chi connectivity index (χ1) is 23.0. The van der Waals surface area contributed by atoms with Gasteiger partial charge < -0.3 is 20.0 Å². The van der Waals surface area contributed by atoms with Gasteiger partial charge in [-0.2, -0.15) is 0 Å². The van der Waals surface area contributed by atoms with Gasteiger partial charge in [-0.1, -0.05) is 48.5 Å². The number of nitrogens with one attached hydrogen (secondary N) is 2. The number of aryl methyl sites for hydroxylation is 1. The van der Waals surface area contributed by atoms with Gasteiger partial charge in [-0.15, -0.1) is 0 Å². The standard InChI is InChI=1S/C38H34N6O3/c1-26-24-29(37(46)44-21-19-43(20-22-44)25-31-10-7-23-47-31)15-18-33(26)40-36(45)28-13-16-30(17-14-28)39-38-41-34-12-6-5-11-32(34)35(42-38)27-8-3-2-4-9-27/h2-18,23-24H,19-22,25H2,1H3,(H,40,45)(H,39,41,42). The third-order valence-corrected chi connectivity index (χ3v) is 8.39. The van der Waals surface area contributed by atoms with Crippen molar-refractivity contribution in [3.8, 4) is 11.3 Å². The molecule has 1 fully saturated rings. The van der Waals surface area contributed by atoms with E-state index in [1.54, 1.807) is 30.5 Å². The minimum absolute atomic E-state index is 0.00186. The molecule has 6 aromatic rings. The number of hydrogen-bond acceptors (Lipinski definition) is 7. The van der Waals surface area contributed by atoms with Crippen LogP contribution in [0.15, 0.2) is 120 Å². The van der Waals surface area contributed by atoms with Crippen LogP contribution in [-0.4, -0.2) is 57.8 Å². The summed E-state index contributed by atoms with van der Waals surface area (Å²) >= 11 is 0. The number of carbonyl (C=O) groups is 2. The number of carbonyl (C=O) groups excluding carboxylic acids is 2. The van der Waals surface area contributed by atoms with Gasteiger partial charge in [0.25, 0.3) is 11.8 Å². The van der Waals surface area contributed by atoms with Crippen LogP contribution >= 0.6 is 0 Å². The van der Waals surface area contributed by atoms with Crippen LogP contribution in [0.3, 0.4) is 0 Å². The fraction of sp³-hybridized carbons (Fsp3) is 0.158. The first-order valence-electron chi connectivity index (χ1n) is 15.7. The second-order valence-electron chi connectivity index (χ2n) is 11.6. The van der Waals surface area contributed by atoms with Gasteiger partial charge in [-0.25, -0.2) is 9.97 Å². The lowest BCUT2D eigenvalue weighted by Crippen LogP contribution is -2.48. The molecule has 9 heteroatoms. The van der Waals surface area contributed by atoms with Gasteiger partial charge in [-0.3, -0.25) is 14.5 Å². The zero-order chi connectivity index (χ0) is 32.2. The average Bonchev–Trinajstić information content (AvgIpc) is 3.62. The minimum atomic E-state index is -0.236. The molecule has 9 nitrogen and oxygen atoms in total. The molecular formula is C38H34N6O3. The predicted molar refractivity (Wildman–Crippen MR) is 184 cm³/mol. The van der Waals surface area contributed by atoms with Crippen LogP contribution in [0.5, 0.6) is 0 Å². The topological polar surface area (TPSA) is 104 Å². The summed E-state index contributed by atoms with van der Waals surface area (Å²) in [6, 6.07) is 34.4. The molecule has 1 aliphatic heterocycles. The highest BCUT2D eigenvalue weighted by Gasteiger charge is 2.23. The Morgan fingerprint density at radius 3 is 2.28 bits per heavy atom. The van der Waals surface area contributed by atoms with E-state index in [1.807, 2.05) is 96.8 Å². The van der Waals surface area contributed by atoms with E-state index in [0.717, 1.165) is 58.8 Å². The molecule has 0 atom stereocenters. The lowest BCUT2D eigenvalue weighted by molar-refractivity contribution is 0.0620. The van der Waals surface area contributed by atoms with E-state index in [2.05, 4.69) is 15.5 Å². The van der Waals surface area contributed by atoms with Crippen molar-refractivity contribution in [1.29, 1.82) is 0 Å². The lowest BCUT2D eigenvalue weighted by Gasteiger charge is -2.34. The Labute approximate surface area is 272 Å². The number of rotatable bonds is 8. The number of piperazine rings is 1. The summed E-state index contributed by atoms with van der Waals surface area (Å²) in [6.07, 6.45) is 1.68. The van der Waals surface area contributed by atoms with Gasteiger partial charge >= 0.3 is 0 Å². The number of hydrogen-bond donors (Lipinski definition) is 2. The van der Waals surface area contributed by atoms with Crippen molar-refractivity contribution >= 4 is 40.0 Å². The fourth-order valence-corrected chi connectivity index (χ4v) is 5.83. The summed E-state index contributed by atoms with van der Waals surface area (Å²) in [5.41, 5.74) is 6.06. The minimum Gasteiger partial charge on any atom is -0.468 e. The quantitative estimate of drug-likeness (QED) is 0.186. The fourth-order valence-electron chi connectivity index (χ4n) is 5.83. The van der Waals surface area contributed by atoms with Crippen LogP contribution in [0.2, 0.25) is 0 Å². The number of benzene rings is 4. The molecule has 234 valence electrons. The molecule has 2 N–H and O–H groups in total. The number of fused-ring (bicyclic) bond motifs is 1. The van der Waals surface area contributed by atoms with Crippen LogP contribution in [0.4, 0.5) is 17.3 Å². The van der Waals surface area contributed by atoms with Crippen LogP contribution in [0.25, 0.3) is 22.2 Å². The molecule has 0 saturated carbocycles. The molecule has 1 aliphatic rings. The van der Waals surface area contributed by atoms with E-state index in [9.17, 15) is 9.59 Å². The summed E-state index contributed by atoms with van der Waals surface area (Å²) in [5, 5.41) is 7.26. The third kappa shape index (κ3) is 6.75. The van der Waals surface area contributed by atoms with Gasteiger partial charge in [0.15, 0.2) is 0 Å². The normalized spacial score (nSPS) is 13.4. The van der Waals surface area contributed by atoms with Gasteiger partial charge in [0.1, 0.15) is 5.76 Å². The number of anilines is 3. The molecule has 0 bridgehead atoms. The maximum atomic E-state index is 13.2.